The average Bonchev–Trinajstić information content (AvgIpc) is 2.72. The zero-order chi connectivity index (χ0) is 15.8. The summed E-state index contributed by atoms with van der Waals surface area (Å²) in [5.74, 6) is 0.724. The molecule has 118 valence electrons. The summed E-state index contributed by atoms with van der Waals surface area (Å²) in [4.78, 5) is 23.8. The van der Waals surface area contributed by atoms with Crippen molar-refractivity contribution < 1.29 is 23.6 Å². The van der Waals surface area contributed by atoms with E-state index in [1.807, 2.05) is 31.9 Å². The van der Waals surface area contributed by atoms with Crippen LogP contribution in [-0.2, 0) is 13.8 Å². The Morgan fingerprint density at radius 1 is 1.57 bits per heavy atom. The first-order chi connectivity index (χ1) is 9.67. The minimum atomic E-state index is -4.47. The van der Waals surface area contributed by atoms with E-state index in [4.69, 9.17) is 14.5 Å². The predicted molar refractivity (Wildman–Crippen MR) is 78.3 cm³/mol. The second kappa shape index (κ2) is 6.02. The Bertz CT molecular complexity index is 539. The highest BCUT2D eigenvalue weighted by Crippen LogP contribution is 2.39. The van der Waals surface area contributed by atoms with E-state index < -0.39 is 7.82 Å². The summed E-state index contributed by atoms with van der Waals surface area (Å²) in [6, 6.07) is 0. The van der Waals surface area contributed by atoms with E-state index in [0.29, 0.717) is 12.2 Å². The van der Waals surface area contributed by atoms with Crippen molar-refractivity contribution in [2.24, 2.45) is 10.9 Å². The van der Waals surface area contributed by atoms with E-state index in [9.17, 15) is 4.57 Å². The van der Waals surface area contributed by atoms with Gasteiger partial charge in [0.05, 0.1) is 12.7 Å². The molecule has 0 aliphatic carbocycles. The number of phosphoric ester groups is 1. The van der Waals surface area contributed by atoms with Gasteiger partial charge < -0.3 is 19.4 Å². The first kappa shape index (κ1) is 16.4. The van der Waals surface area contributed by atoms with E-state index >= 15 is 0 Å². The molecule has 0 aromatic carbocycles. The molecule has 2 heterocycles. The highest BCUT2D eigenvalue weighted by atomic mass is 31.2. The average molecular weight is 316 g/mol. The van der Waals surface area contributed by atoms with Crippen molar-refractivity contribution >= 4 is 13.5 Å². The van der Waals surface area contributed by atoms with Crippen LogP contribution in [0.2, 0.25) is 0 Å². The summed E-state index contributed by atoms with van der Waals surface area (Å²) in [5.41, 5.74) is 1.96. The van der Waals surface area contributed by atoms with Crippen LogP contribution < -0.4 is 0 Å². The van der Waals surface area contributed by atoms with E-state index in [2.05, 4.69) is 16.1 Å². The van der Waals surface area contributed by atoms with Gasteiger partial charge in [0.25, 0.3) is 0 Å². The fourth-order valence-corrected chi connectivity index (χ4v) is 2.72. The molecule has 8 heteroatoms. The summed E-state index contributed by atoms with van der Waals surface area (Å²) >= 11 is 0. The summed E-state index contributed by atoms with van der Waals surface area (Å²) < 4.78 is 21.2. The van der Waals surface area contributed by atoms with Crippen LogP contribution in [0.15, 0.2) is 29.2 Å². The number of phosphoric acid groups is 1. The number of rotatable bonds is 4. The molecule has 0 saturated carbocycles. The van der Waals surface area contributed by atoms with Gasteiger partial charge in [-0.3, -0.25) is 4.52 Å². The zero-order valence-corrected chi connectivity index (χ0v) is 13.3. The fraction of sp³-hybridized carbons (Fsp3) is 0.615. The Kier molecular flexibility index (Phi) is 4.70. The maximum atomic E-state index is 10.8. The van der Waals surface area contributed by atoms with Crippen LogP contribution >= 0.6 is 7.82 Å². The molecule has 21 heavy (non-hydrogen) atoms. The lowest BCUT2D eigenvalue weighted by molar-refractivity contribution is -0.0445. The number of hydrogen-bond donors (Lipinski definition) is 2. The molecule has 2 aliphatic rings. The van der Waals surface area contributed by atoms with Crippen molar-refractivity contribution in [3.8, 4) is 0 Å². The van der Waals surface area contributed by atoms with Crippen molar-refractivity contribution in [3.05, 3.63) is 24.2 Å². The van der Waals surface area contributed by atoms with Crippen LogP contribution in [0.4, 0.5) is 0 Å². The van der Waals surface area contributed by atoms with Crippen LogP contribution in [-0.4, -0.2) is 39.3 Å². The number of nitrogens with zero attached hydrogens (tertiary/aromatic N) is 2. The van der Waals surface area contributed by atoms with Gasteiger partial charge in [-0.1, -0.05) is 13.5 Å². The fourth-order valence-electron chi connectivity index (χ4n) is 2.38. The normalized spacial score (nSPS) is 30.4. The quantitative estimate of drug-likeness (QED) is 0.771. The van der Waals surface area contributed by atoms with Gasteiger partial charge in [-0.05, 0) is 31.8 Å². The number of hydrogen-bond acceptors (Lipinski definition) is 5. The second-order valence-corrected chi connectivity index (χ2v) is 6.70. The molecule has 2 aliphatic heterocycles. The molecule has 0 bridgehead atoms. The topological polar surface area (TPSA) is 91.6 Å². The highest BCUT2D eigenvalue weighted by molar-refractivity contribution is 7.46. The van der Waals surface area contributed by atoms with Gasteiger partial charge in [-0.15, -0.1) is 0 Å². The van der Waals surface area contributed by atoms with Crippen LogP contribution in [0.3, 0.4) is 0 Å². The third-order valence-electron chi connectivity index (χ3n) is 3.76. The first-order valence-corrected chi connectivity index (χ1v) is 8.27. The standard InChI is InChI=1S/C13H21N2O5P/c1-8-5-13(20-12(8)7-19-21(16,17)18)15-6-9(2)10(3)14-11(15)4/h6,8,12-13H,4-5,7H2,1-3H3,(H2,16,17,18)/t8-,12+,13+/m0/s1. The van der Waals surface area contributed by atoms with Crippen LogP contribution in [0.1, 0.15) is 27.2 Å². The van der Waals surface area contributed by atoms with Crippen LogP contribution in [0.25, 0.3) is 0 Å². The van der Waals surface area contributed by atoms with Gasteiger partial charge in [0.1, 0.15) is 12.0 Å². The van der Waals surface area contributed by atoms with Crippen molar-refractivity contribution in [2.75, 3.05) is 6.61 Å². The number of ether oxygens (including phenoxy) is 1. The summed E-state index contributed by atoms with van der Waals surface area (Å²) in [6.45, 7) is 9.63. The molecule has 0 aromatic rings. The van der Waals surface area contributed by atoms with Gasteiger partial charge in [-0.2, -0.15) is 0 Å². The highest BCUT2D eigenvalue weighted by Gasteiger charge is 2.37. The van der Waals surface area contributed by atoms with Gasteiger partial charge in [-0.25, -0.2) is 9.56 Å². The van der Waals surface area contributed by atoms with E-state index in [1.165, 1.54) is 0 Å². The molecule has 7 nitrogen and oxygen atoms in total. The van der Waals surface area contributed by atoms with Gasteiger partial charge >= 0.3 is 7.82 Å². The number of aliphatic imine (C=N–C) groups is 1. The lowest BCUT2D eigenvalue weighted by Gasteiger charge is -2.30. The van der Waals surface area contributed by atoms with Crippen molar-refractivity contribution in [1.82, 2.24) is 4.90 Å². The summed E-state index contributed by atoms with van der Waals surface area (Å²) in [6.07, 6.45) is 2.04. The molecule has 0 amide bonds. The smallest absolute Gasteiger partial charge is 0.352 e. The monoisotopic (exact) mass is 316 g/mol. The Labute approximate surface area is 124 Å². The molecule has 0 spiro atoms. The Morgan fingerprint density at radius 2 is 2.24 bits per heavy atom. The molecule has 0 radical (unpaired) electrons. The van der Waals surface area contributed by atoms with E-state index in [-0.39, 0.29) is 24.9 Å². The summed E-state index contributed by atoms with van der Waals surface area (Å²) in [5, 5.41) is 0. The Morgan fingerprint density at radius 3 is 2.86 bits per heavy atom. The third kappa shape index (κ3) is 4.02. The molecule has 1 fully saturated rings. The zero-order valence-electron chi connectivity index (χ0n) is 12.4. The van der Waals surface area contributed by atoms with Crippen molar-refractivity contribution in [1.29, 1.82) is 0 Å². The molecule has 0 aromatic heterocycles. The molecular weight excluding hydrogens is 295 g/mol. The largest absolute Gasteiger partial charge is 0.469 e. The van der Waals surface area contributed by atoms with Crippen LogP contribution in [0, 0.1) is 5.92 Å². The lowest BCUT2D eigenvalue weighted by Crippen LogP contribution is -2.32. The predicted octanol–water partition coefficient (Wildman–Crippen LogP) is 2.00. The Hall–Kier alpha value is -0.980. The van der Waals surface area contributed by atoms with Crippen molar-refractivity contribution in [3.63, 3.8) is 0 Å². The molecule has 0 unspecified atom stereocenters. The van der Waals surface area contributed by atoms with Gasteiger partial charge in [0, 0.05) is 11.9 Å². The Balaban J connectivity index is 2.01. The molecular formula is C13H21N2O5P. The first-order valence-electron chi connectivity index (χ1n) is 6.74. The summed E-state index contributed by atoms with van der Waals surface area (Å²) in [7, 11) is -4.47. The molecule has 2 N–H and O–H groups in total. The second-order valence-electron chi connectivity index (χ2n) is 5.46. The van der Waals surface area contributed by atoms with E-state index in [1.54, 1.807) is 0 Å². The van der Waals surface area contributed by atoms with Gasteiger partial charge in [0.15, 0.2) is 0 Å². The maximum Gasteiger partial charge on any atom is 0.469 e. The minimum absolute atomic E-state index is 0.120. The van der Waals surface area contributed by atoms with Crippen LogP contribution in [0.5, 0.6) is 0 Å². The SMILES string of the molecule is C=C1N=C(C)C(C)=CN1[C@H]1C[C@H](C)[C@@H](COP(=O)(O)O)O1. The molecule has 2 rings (SSSR count). The minimum Gasteiger partial charge on any atom is -0.352 e. The lowest BCUT2D eigenvalue weighted by atomic mass is 10.0. The van der Waals surface area contributed by atoms with Gasteiger partial charge in [0.2, 0.25) is 0 Å². The van der Waals surface area contributed by atoms with E-state index in [0.717, 1.165) is 11.3 Å². The molecule has 1 saturated heterocycles. The maximum absolute atomic E-state index is 10.8. The number of allylic oxidation sites excluding steroid dienone is 1. The van der Waals surface area contributed by atoms with Crippen molar-refractivity contribution in [2.45, 2.75) is 39.5 Å². The molecule has 3 atom stereocenters. The third-order valence-corrected chi connectivity index (χ3v) is 4.24.